The molecule has 108 valence electrons. The summed E-state index contributed by atoms with van der Waals surface area (Å²) in [5.74, 6) is 0. The van der Waals surface area contributed by atoms with Crippen molar-refractivity contribution in [2.24, 2.45) is 5.11 Å². The van der Waals surface area contributed by atoms with Crippen LogP contribution < -0.4 is 5.32 Å². The van der Waals surface area contributed by atoms with Crippen LogP contribution in [0.25, 0.3) is 10.4 Å². The van der Waals surface area contributed by atoms with E-state index in [1.807, 2.05) is 0 Å². The molecule has 1 aliphatic rings. The van der Waals surface area contributed by atoms with Crippen LogP contribution in [0, 0.1) is 0 Å². The fourth-order valence-electron chi connectivity index (χ4n) is 1.95. The minimum Gasteiger partial charge on any atom is -0.444 e. The van der Waals surface area contributed by atoms with Crippen molar-refractivity contribution >= 4 is 6.09 Å². The highest BCUT2D eigenvalue weighted by Crippen LogP contribution is 2.23. The Kier molecular flexibility index (Phi) is 4.99. The fourth-order valence-corrected chi connectivity index (χ4v) is 1.95. The monoisotopic (exact) mass is 272 g/mol. The van der Waals surface area contributed by atoms with Crippen molar-refractivity contribution in [1.29, 1.82) is 0 Å². The molecular weight excluding hydrogens is 252 g/mol. The second-order valence-corrected chi connectivity index (χ2v) is 5.63. The number of nitrogens with zero attached hydrogens (tertiary/aromatic N) is 3. The SMILES string of the molecule is CC(C)(C)OC(=O)NC1CC(O)C(N=[N+]=[N-])CC1O. The molecule has 1 fully saturated rings. The van der Waals surface area contributed by atoms with Gasteiger partial charge in [0.25, 0.3) is 0 Å². The number of alkyl carbamates (subject to hydrolysis) is 1. The number of hydrogen-bond acceptors (Lipinski definition) is 5. The molecule has 0 spiro atoms. The summed E-state index contributed by atoms with van der Waals surface area (Å²) in [4.78, 5) is 14.2. The third kappa shape index (κ3) is 4.94. The van der Waals surface area contributed by atoms with E-state index >= 15 is 0 Å². The van der Waals surface area contributed by atoms with Gasteiger partial charge in [-0.15, -0.1) is 0 Å². The van der Waals surface area contributed by atoms with Gasteiger partial charge in [-0.3, -0.25) is 0 Å². The predicted octanol–water partition coefficient (Wildman–Crippen LogP) is 1.07. The lowest BCUT2D eigenvalue weighted by Gasteiger charge is -2.35. The summed E-state index contributed by atoms with van der Waals surface area (Å²) < 4.78 is 5.07. The number of aliphatic hydroxyl groups excluding tert-OH is 2. The first kappa shape index (κ1) is 15.6. The van der Waals surface area contributed by atoms with Crippen LogP contribution in [0.15, 0.2) is 5.11 Å². The van der Waals surface area contributed by atoms with Crippen molar-refractivity contribution in [2.45, 2.75) is 63.5 Å². The Morgan fingerprint density at radius 3 is 2.53 bits per heavy atom. The Morgan fingerprint density at radius 1 is 1.37 bits per heavy atom. The van der Waals surface area contributed by atoms with E-state index in [1.54, 1.807) is 20.8 Å². The Hall–Kier alpha value is -1.50. The molecule has 3 N–H and O–H groups in total. The highest BCUT2D eigenvalue weighted by molar-refractivity contribution is 5.68. The van der Waals surface area contributed by atoms with Gasteiger partial charge in [-0.25, -0.2) is 4.79 Å². The molecule has 0 aromatic heterocycles. The van der Waals surface area contributed by atoms with Crippen LogP contribution in [-0.2, 0) is 4.74 Å². The average molecular weight is 272 g/mol. The zero-order valence-electron chi connectivity index (χ0n) is 11.3. The van der Waals surface area contributed by atoms with E-state index in [0.29, 0.717) is 0 Å². The summed E-state index contributed by atoms with van der Waals surface area (Å²) in [5.41, 5.74) is 7.71. The molecule has 0 aliphatic heterocycles. The van der Waals surface area contributed by atoms with Crippen molar-refractivity contribution in [1.82, 2.24) is 5.32 Å². The summed E-state index contributed by atoms with van der Waals surface area (Å²) in [6.07, 6.45) is -2.20. The van der Waals surface area contributed by atoms with Crippen LogP contribution in [0.5, 0.6) is 0 Å². The van der Waals surface area contributed by atoms with Crippen LogP contribution in [0.1, 0.15) is 33.6 Å². The second kappa shape index (κ2) is 6.10. The molecule has 0 aromatic carbocycles. The van der Waals surface area contributed by atoms with E-state index in [1.165, 1.54) is 0 Å². The Bertz CT molecular complexity index is 375. The molecule has 19 heavy (non-hydrogen) atoms. The van der Waals surface area contributed by atoms with E-state index in [-0.39, 0.29) is 12.8 Å². The van der Waals surface area contributed by atoms with Crippen molar-refractivity contribution < 1.29 is 19.7 Å². The molecule has 8 nitrogen and oxygen atoms in total. The first-order chi connectivity index (χ1) is 8.73. The highest BCUT2D eigenvalue weighted by Gasteiger charge is 2.36. The first-order valence-corrected chi connectivity index (χ1v) is 6.13. The topological polar surface area (TPSA) is 128 Å². The third-order valence-electron chi connectivity index (χ3n) is 2.79. The molecular formula is C11H20N4O4. The molecule has 0 radical (unpaired) electrons. The van der Waals surface area contributed by atoms with Crippen molar-refractivity contribution in [3.63, 3.8) is 0 Å². The largest absolute Gasteiger partial charge is 0.444 e. The minimum absolute atomic E-state index is 0.103. The van der Waals surface area contributed by atoms with Gasteiger partial charge in [-0.1, -0.05) is 5.11 Å². The molecule has 1 amide bonds. The highest BCUT2D eigenvalue weighted by atomic mass is 16.6. The lowest BCUT2D eigenvalue weighted by molar-refractivity contribution is 0.00204. The van der Waals surface area contributed by atoms with E-state index in [2.05, 4.69) is 15.3 Å². The number of ether oxygens (including phenoxy) is 1. The quantitative estimate of drug-likeness (QED) is 0.394. The smallest absolute Gasteiger partial charge is 0.407 e. The van der Waals surface area contributed by atoms with Gasteiger partial charge in [0.2, 0.25) is 0 Å². The van der Waals surface area contributed by atoms with Gasteiger partial charge in [0.15, 0.2) is 0 Å². The van der Waals surface area contributed by atoms with Gasteiger partial charge in [0.05, 0.1) is 24.3 Å². The summed E-state index contributed by atoms with van der Waals surface area (Å²) in [7, 11) is 0. The Morgan fingerprint density at radius 2 is 2.00 bits per heavy atom. The molecule has 1 rings (SSSR count). The number of hydrogen-bond donors (Lipinski definition) is 3. The maximum atomic E-state index is 11.6. The summed E-state index contributed by atoms with van der Waals surface area (Å²) in [5, 5.41) is 25.6. The van der Waals surface area contributed by atoms with E-state index in [9.17, 15) is 15.0 Å². The fraction of sp³-hybridized carbons (Fsp3) is 0.909. The maximum Gasteiger partial charge on any atom is 0.407 e. The lowest BCUT2D eigenvalue weighted by Crippen LogP contribution is -2.53. The maximum absolute atomic E-state index is 11.6. The van der Waals surface area contributed by atoms with Crippen LogP contribution >= 0.6 is 0 Å². The third-order valence-corrected chi connectivity index (χ3v) is 2.79. The van der Waals surface area contributed by atoms with Gasteiger partial charge in [0, 0.05) is 4.91 Å². The van der Waals surface area contributed by atoms with Gasteiger partial charge in [-0.2, -0.15) is 0 Å². The second-order valence-electron chi connectivity index (χ2n) is 5.63. The van der Waals surface area contributed by atoms with E-state index in [0.717, 1.165) is 0 Å². The average Bonchev–Trinajstić information content (AvgIpc) is 2.22. The zero-order chi connectivity index (χ0) is 14.6. The first-order valence-electron chi connectivity index (χ1n) is 6.13. The van der Waals surface area contributed by atoms with Crippen molar-refractivity contribution in [2.75, 3.05) is 0 Å². The molecule has 0 heterocycles. The van der Waals surface area contributed by atoms with Gasteiger partial charge < -0.3 is 20.3 Å². The minimum atomic E-state index is -0.890. The zero-order valence-corrected chi connectivity index (χ0v) is 11.3. The molecule has 1 aliphatic carbocycles. The van der Waals surface area contributed by atoms with Gasteiger partial charge >= 0.3 is 6.09 Å². The number of azide groups is 1. The number of rotatable bonds is 2. The summed E-state index contributed by atoms with van der Waals surface area (Å²) in [6, 6.07) is -1.29. The Balaban J connectivity index is 2.56. The molecule has 0 saturated heterocycles. The predicted molar refractivity (Wildman–Crippen MR) is 67.3 cm³/mol. The van der Waals surface area contributed by atoms with E-state index in [4.69, 9.17) is 10.3 Å². The van der Waals surface area contributed by atoms with Crippen molar-refractivity contribution in [3.8, 4) is 0 Å². The number of carbonyl (C=O) groups excluding carboxylic acids is 1. The summed E-state index contributed by atoms with van der Waals surface area (Å²) in [6.45, 7) is 5.20. The normalized spacial score (nSPS) is 31.2. The standard InChI is InChI=1S/C11H20N4O4/c1-11(2,3)19-10(18)13-6-4-9(17)7(14-15-12)5-8(6)16/h6-9,16-17H,4-5H2,1-3H3,(H,13,18). The molecule has 4 unspecified atom stereocenters. The number of amides is 1. The molecule has 8 heteroatoms. The summed E-state index contributed by atoms with van der Waals surface area (Å²) >= 11 is 0. The van der Waals surface area contributed by atoms with Crippen LogP contribution in [0.2, 0.25) is 0 Å². The van der Waals surface area contributed by atoms with Crippen LogP contribution in [-0.4, -0.2) is 46.2 Å². The van der Waals surface area contributed by atoms with Gasteiger partial charge in [0.1, 0.15) is 5.60 Å². The van der Waals surface area contributed by atoms with E-state index < -0.39 is 36.0 Å². The Labute approximate surface area is 111 Å². The van der Waals surface area contributed by atoms with Crippen LogP contribution in [0.4, 0.5) is 4.79 Å². The number of aliphatic hydroxyl groups is 2. The number of carbonyl (C=O) groups is 1. The van der Waals surface area contributed by atoms with Crippen LogP contribution in [0.3, 0.4) is 0 Å². The molecule has 0 aromatic rings. The molecule has 0 bridgehead atoms. The number of nitrogens with one attached hydrogen (secondary N) is 1. The van der Waals surface area contributed by atoms with Gasteiger partial charge in [-0.05, 0) is 39.1 Å². The van der Waals surface area contributed by atoms with Crippen molar-refractivity contribution in [3.05, 3.63) is 10.4 Å². The molecule has 4 atom stereocenters. The molecule has 1 saturated carbocycles. The lowest BCUT2D eigenvalue weighted by atomic mass is 9.87.